The Kier molecular flexibility index (Phi) is 3.27. The third-order valence-electron chi connectivity index (χ3n) is 3.60. The highest BCUT2D eigenvalue weighted by atomic mass is 79.9. The van der Waals surface area contributed by atoms with Crippen LogP contribution in [0.1, 0.15) is 22.6 Å². The molecule has 1 unspecified atom stereocenters. The molecule has 0 heterocycles. The van der Waals surface area contributed by atoms with Gasteiger partial charge in [0.05, 0.1) is 11.3 Å². The summed E-state index contributed by atoms with van der Waals surface area (Å²) in [7, 11) is 0. The van der Waals surface area contributed by atoms with Crippen molar-refractivity contribution in [2.24, 2.45) is 0 Å². The summed E-state index contributed by atoms with van der Waals surface area (Å²) >= 11 is 3.38. The van der Waals surface area contributed by atoms with Gasteiger partial charge in [0.15, 0.2) is 0 Å². The summed E-state index contributed by atoms with van der Waals surface area (Å²) in [6.45, 7) is 0.882. The fraction of sp³-hybridized carbons (Fsp3) is 0.188. The van der Waals surface area contributed by atoms with E-state index in [9.17, 15) is 0 Å². The lowest BCUT2D eigenvalue weighted by Gasteiger charge is -2.30. The van der Waals surface area contributed by atoms with E-state index in [0.717, 1.165) is 23.1 Å². The van der Waals surface area contributed by atoms with Gasteiger partial charge in [0, 0.05) is 16.9 Å². The number of nitrogens with one attached hydrogen (secondary N) is 1. The number of nitrogens with zero attached hydrogens (tertiary/aromatic N) is 1. The number of rotatable bonds is 3. The third kappa shape index (κ3) is 2.36. The van der Waals surface area contributed by atoms with Crippen LogP contribution in [0.15, 0.2) is 46.9 Å². The van der Waals surface area contributed by atoms with Gasteiger partial charge in [-0.1, -0.05) is 40.2 Å². The molecule has 19 heavy (non-hydrogen) atoms. The fourth-order valence-corrected chi connectivity index (χ4v) is 2.90. The normalized spacial score (nSPS) is 16.1. The van der Waals surface area contributed by atoms with E-state index in [4.69, 9.17) is 5.26 Å². The average Bonchev–Trinajstić information content (AvgIpc) is 2.41. The summed E-state index contributed by atoms with van der Waals surface area (Å²) in [5.41, 5.74) is 4.48. The molecule has 2 nitrogen and oxygen atoms in total. The van der Waals surface area contributed by atoms with Gasteiger partial charge in [-0.25, -0.2) is 0 Å². The van der Waals surface area contributed by atoms with E-state index < -0.39 is 0 Å². The van der Waals surface area contributed by atoms with Gasteiger partial charge in [0.2, 0.25) is 0 Å². The maximum absolute atomic E-state index is 9.13. The number of nitriles is 1. The van der Waals surface area contributed by atoms with Crippen LogP contribution >= 0.6 is 15.9 Å². The molecule has 94 valence electrons. The van der Waals surface area contributed by atoms with Crippen molar-refractivity contribution in [2.75, 3.05) is 11.9 Å². The quantitative estimate of drug-likeness (QED) is 0.927. The zero-order chi connectivity index (χ0) is 13.2. The number of halogens is 1. The molecule has 0 amide bonds. The van der Waals surface area contributed by atoms with Crippen LogP contribution < -0.4 is 5.32 Å². The van der Waals surface area contributed by atoms with Crippen LogP contribution in [0.4, 0.5) is 5.69 Å². The Bertz CT molecular complexity index is 658. The second kappa shape index (κ2) is 5.07. The van der Waals surface area contributed by atoms with Crippen molar-refractivity contribution in [1.29, 1.82) is 5.26 Å². The van der Waals surface area contributed by atoms with Gasteiger partial charge in [0.25, 0.3) is 0 Å². The SMILES string of the molecule is N#Cc1cc(Br)ccc1NCC1Cc2ccccc21. The molecule has 0 saturated heterocycles. The summed E-state index contributed by atoms with van der Waals surface area (Å²) in [6, 6.07) is 16.5. The van der Waals surface area contributed by atoms with Gasteiger partial charge >= 0.3 is 0 Å². The van der Waals surface area contributed by atoms with Crippen molar-refractivity contribution in [3.8, 4) is 6.07 Å². The van der Waals surface area contributed by atoms with Gasteiger partial charge in [-0.2, -0.15) is 5.26 Å². The van der Waals surface area contributed by atoms with Crippen LogP contribution in [0.25, 0.3) is 0 Å². The second-order valence-corrected chi connectivity index (χ2v) is 5.70. The predicted octanol–water partition coefficient (Wildman–Crippen LogP) is 4.07. The minimum absolute atomic E-state index is 0.561. The number of hydrogen-bond donors (Lipinski definition) is 1. The first-order chi connectivity index (χ1) is 9.28. The van der Waals surface area contributed by atoms with Crippen LogP contribution in [0, 0.1) is 11.3 Å². The topological polar surface area (TPSA) is 35.8 Å². The van der Waals surface area contributed by atoms with E-state index >= 15 is 0 Å². The van der Waals surface area contributed by atoms with Crippen molar-refractivity contribution >= 4 is 21.6 Å². The fourth-order valence-electron chi connectivity index (χ4n) is 2.54. The Morgan fingerprint density at radius 1 is 1.26 bits per heavy atom. The smallest absolute Gasteiger partial charge is 0.101 e. The largest absolute Gasteiger partial charge is 0.383 e. The lowest BCUT2D eigenvalue weighted by molar-refractivity contribution is 0.636. The van der Waals surface area contributed by atoms with E-state index in [-0.39, 0.29) is 0 Å². The zero-order valence-electron chi connectivity index (χ0n) is 10.4. The van der Waals surface area contributed by atoms with Gasteiger partial charge in [-0.15, -0.1) is 0 Å². The Balaban J connectivity index is 1.70. The van der Waals surface area contributed by atoms with Crippen LogP contribution in [-0.2, 0) is 6.42 Å². The molecule has 1 aliphatic carbocycles. The standard InChI is InChI=1S/C16H13BrN2/c17-14-5-6-16(12(8-14)9-18)19-10-13-7-11-3-1-2-4-15(11)13/h1-6,8,13,19H,7,10H2. The molecule has 0 bridgehead atoms. The van der Waals surface area contributed by atoms with Crippen molar-refractivity contribution in [2.45, 2.75) is 12.3 Å². The number of hydrogen-bond acceptors (Lipinski definition) is 2. The maximum atomic E-state index is 9.13. The van der Waals surface area contributed by atoms with Crippen molar-refractivity contribution in [3.63, 3.8) is 0 Å². The van der Waals surface area contributed by atoms with Gasteiger partial charge in [-0.05, 0) is 35.7 Å². The second-order valence-electron chi connectivity index (χ2n) is 4.78. The molecule has 0 radical (unpaired) electrons. The number of benzene rings is 2. The predicted molar refractivity (Wildman–Crippen MR) is 80.2 cm³/mol. The first kappa shape index (κ1) is 12.3. The first-order valence-corrected chi connectivity index (χ1v) is 7.08. The molecule has 1 atom stereocenters. The molecule has 0 aliphatic heterocycles. The van der Waals surface area contributed by atoms with Crippen LogP contribution in [-0.4, -0.2) is 6.54 Å². The molecule has 2 aromatic carbocycles. The molecule has 0 aromatic heterocycles. The van der Waals surface area contributed by atoms with E-state index in [0.29, 0.717) is 11.5 Å². The molecule has 0 spiro atoms. The summed E-state index contributed by atoms with van der Waals surface area (Å²) in [4.78, 5) is 0. The van der Waals surface area contributed by atoms with Gasteiger partial charge < -0.3 is 5.32 Å². The molecule has 3 rings (SSSR count). The van der Waals surface area contributed by atoms with Gasteiger partial charge in [0.1, 0.15) is 6.07 Å². The monoisotopic (exact) mass is 312 g/mol. The number of fused-ring (bicyclic) bond motifs is 1. The highest BCUT2D eigenvalue weighted by Gasteiger charge is 2.24. The van der Waals surface area contributed by atoms with E-state index in [1.54, 1.807) is 0 Å². The van der Waals surface area contributed by atoms with Crippen molar-refractivity contribution in [3.05, 3.63) is 63.6 Å². The Morgan fingerprint density at radius 3 is 2.89 bits per heavy atom. The molecule has 1 aliphatic rings. The Hall–Kier alpha value is -1.79. The van der Waals surface area contributed by atoms with E-state index in [1.165, 1.54) is 11.1 Å². The van der Waals surface area contributed by atoms with Crippen LogP contribution in [0.5, 0.6) is 0 Å². The molecular weight excluding hydrogens is 300 g/mol. The summed E-state index contributed by atoms with van der Waals surface area (Å²) in [5, 5.41) is 12.5. The summed E-state index contributed by atoms with van der Waals surface area (Å²) < 4.78 is 0.934. The minimum atomic E-state index is 0.561. The van der Waals surface area contributed by atoms with Gasteiger partial charge in [-0.3, -0.25) is 0 Å². The summed E-state index contributed by atoms with van der Waals surface area (Å²) in [6.07, 6.45) is 1.13. The van der Waals surface area contributed by atoms with Crippen LogP contribution in [0.3, 0.4) is 0 Å². The molecule has 2 aromatic rings. The molecular formula is C16H13BrN2. The van der Waals surface area contributed by atoms with E-state index in [1.807, 2.05) is 18.2 Å². The summed E-state index contributed by atoms with van der Waals surface area (Å²) in [5.74, 6) is 0.561. The Labute approximate surface area is 121 Å². The minimum Gasteiger partial charge on any atom is -0.383 e. The van der Waals surface area contributed by atoms with E-state index in [2.05, 4.69) is 51.6 Å². The average molecular weight is 313 g/mol. The number of anilines is 1. The van der Waals surface area contributed by atoms with Crippen LogP contribution in [0.2, 0.25) is 0 Å². The first-order valence-electron chi connectivity index (χ1n) is 6.29. The molecule has 1 N–H and O–H groups in total. The maximum Gasteiger partial charge on any atom is 0.101 e. The highest BCUT2D eigenvalue weighted by molar-refractivity contribution is 9.10. The lowest BCUT2D eigenvalue weighted by atomic mass is 9.77. The lowest BCUT2D eigenvalue weighted by Crippen LogP contribution is -2.24. The zero-order valence-corrected chi connectivity index (χ0v) is 11.9. The molecule has 3 heteroatoms. The molecule has 0 saturated carbocycles. The van der Waals surface area contributed by atoms with Crippen molar-refractivity contribution in [1.82, 2.24) is 0 Å². The third-order valence-corrected chi connectivity index (χ3v) is 4.10. The Morgan fingerprint density at radius 2 is 2.11 bits per heavy atom. The van der Waals surface area contributed by atoms with Crippen molar-refractivity contribution < 1.29 is 0 Å². The molecule has 0 fully saturated rings. The highest BCUT2D eigenvalue weighted by Crippen LogP contribution is 2.35.